The predicted molar refractivity (Wildman–Crippen MR) is 44.3 cm³/mol. The van der Waals surface area contributed by atoms with Crippen LogP contribution < -0.4 is 11.3 Å². The maximum absolute atomic E-state index is 5.33. The first kappa shape index (κ1) is 7.15. The fourth-order valence-corrected chi connectivity index (χ4v) is 2.35. The zero-order valence-electron chi connectivity index (χ0n) is 6.59. The van der Waals surface area contributed by atoms with Gasteiger partial charge in [-0.15, -0.1) is 6.42 Å². The third kappa shape index (κ3) is 1.15. The van der Waals surface area contributed by atoms with E-state index in [1.165, 1.54) is 19.3 Å². The van der Waals surface area contributed by atoms with Crippen LogP contribution in [0.25, 0.3) is 0 Å². The third-order valence-corrected chi connectivity index (χ3v) is 3.11. The molecule has 3 atom stereocenters. The van der Waals surface area contributed by atoms with Crippen LogP contribution in [-0.2, 0) is 0 Å². The van der Waals surface area contributed by atoms with E-state index >= 15 is 0 Å². The average Bonchev–Trinajstić information content (AvgIpc) is 2.62. The van der Waals surface area contributed by atoms with Crippen LogP contribution in [0.2, 0.25) is 0 Å². The molecule has 3 N–H and O–H groups in total. The van der Waals surface area contributed by atoms with Crippen LogP contribution in [0.1, 0.15) is 19.3 Å². The summed E-state index contributed by atoms with van der Waals surface area (Å²) in [5, 5.41) is 0. The summed E-state index contributed by atoms with van der Waals surface area (Å²) < 4.78 is 0. The number of fused-ring (bicyclic) bond motifs is 1. The number of rotatable bonds is 2. The predicted octanol–water partition coefficient (Wildman–Crippen LogP) is 0.498. The van der Waals surface area contributed by atoms with E-state index in [2.05, 4.69) is 11.3 Å². The zero-order chi connectivity index (χ0) is 7.84. The molecule has 2 heteroatoms. The summed E-state index contributed by atoms with van der Waals surface area (Å²) in [6.07, 6.45) is 9.36. The summed E-state index contributed by atoms with van der Waals surface area (Å²) in [5.74, 6) is 10.7. The van der Waals surface area contributed by atoms with Crippen molar-refractivity contribution in [3.8, 4) is 12.3 Å². The smallest absolute Gasteiger partial charge is 0.0843 e. The van der Waals surface area contributed by atoms with Gasteiger partial charge in [-0.2, -0.15) is 0 Å². The van der Waals surface area contributed by atoms with Gasteiger partial charge in [0.25, 0.3) is 0 Å². The molecule has 0 amide bonds. The van der Waals surface area contributed by atoms with Crippen molar-refractivity contribution >= 4 is 0 Å². The minimum atomic E-state index is 0.114. The Balaban J connectivity index is 1.91. The Morgan fingerprint density at radius 1 is 1.36 bits per heavy atom. The summed E-state index contributed by atoms with van der Waals surface area (Å²) in [6, 6.07) is 0.114. The van der Waals surface area contributed by atoms with Crippen LogP contribution in [0.3, 0.4) is 0 Å². The van der Waals surface area contributed by atoms with Crippen molar-refractivity contribution in [3.05, 3.63) is 0 Å². The highest BCUT2D eigenvalue weighted by atomic mass is 15.2. The van der Waals surface area contributed by atoms with Gasteiger partial charge >= 0.3 is 0 Å². The van der Waals surface area contributed by atoms with Crippen LogP contribution >= 0.6 is 0 Å². The Morgan fingerprint density at radius 3 is 2.45 bits per heavy atom. The van der Waals surface area contributed by atoms with Gasteiger partial charge in [0.05, 0.1) is 6.04 Å². The molecular formula is C9H14N2. The van der Waals surface area contributed by atoms with Gasteiger partial charge in [-0.1, -0.05) is 5.92 Å². The first-order chi connectivity index (χ1) is 5.35. The van der Waals surface area contributed by atoms with Crippen molar-refractivity contribution in [1.82, 2.24) is 5.43 Å². The average molecular weight is 150 g/mol. The Kier molecular flexibility index (Phi) is 1.63. The van der Waals surface area contributed by atoms with Crippen molar-refractivity contribution in [2.24, 2.45) is 23.6 Å². The minimum Gasteiger partial charge on any atom is -0.270 e. The molecule has 0 aromatic rings. The van der Waals surface area contributed by atoms with Crippen LogP contribution in [0.15, 0.2) is 0 Å². The molecule has 2 aliphatic carbocycles. The van der Waals surface area contributed by atoms with Gasteiger partial charge in [-0.05, 0) is 37.0 Å². The standard InChI is InChI=1S/C9H14N2/c1-2-9(11-10)8-4-6-3-7(6)5-8/h1,6-9,11H,3-5,10H2. The molecule has 0 radical (unpaired) electrons. The molecule has 0 heterocycles. The van der Waals surface area contributed by atoms with E-state index in [0.717, 1.165) is 11.8 Å². The molecule has 0 saturated heterocycles. The highest BCUT2D eigenvalue weighted by Crippen LogP contribution is 2.54. The van der Waals surface area contributed by atoms with E-state index in [4.69, 9.17) is 12.3 Å². The molecule has 0 aromatic carbocycles. The van der Waals surface area contributed by atoms with Crippen molar-refractivity contribution in [1.29, 1.82) is 0 Å². The number of hydrazine groups is 1. The molecule has 0 aliphatic heterocycles. The van der Waals surface area contributed by atoms with Gasteiger partial charge < -0.3 is 0 Å². The second kappa shape index (κ2) is 2.51. The molecule has 0 bridgehead atoms. The lowest BCUT2D eigenvalue weighted by Crippen LogP contribution is -2.39. The number of nitrogens with one attached hydrogen (secondary N) is 1. The summed E-state index contributed by atoms with van der Waals surface area (Å²) in [7, 11) is 0. The fraction of sp³-hybridized carbons (Fsp3) is 0.778. The lowest BCUT2D eigenvalue weighted by molar-refractivity contribution is 0.397. The Hall–Kier alpha value is -0.520. The molecular weight excluding hydrogens is 136 g/mol. The molecule has 2 nitrogen and oxygen atoms in total. The molecule has 11 heavy (non-hydrogen) atoms. The molecule has 60 valence electrons. The lowest BCUT2D eigenvalue weighted by Gasteiger charge is -2.17. The second-order valence-corrected chi connectivity index (χ2v) is 3.80. The van der Waals surface area contributed by atoms with Crippen molar-refractivity contribution in [2.75, 3.05) is 0 Å². The topological polar surface area (TPSA) is 38.0 Å². The van der Waals surface area contributed by atoms with Gasteiger partial charge in [0.2, 0.25) is 0 Å². The van der Waals surface area contributed by atoms with E-state index in [1.807, 2.05) is 0 Å². The van der Waals surface area contributed by atoms with Gasteiger partial charge in [-0.3, -0.25) is 5.84 Å². The van der Waals surface area contributed by atoms with E-state index in [9.17, 15) is 0 Å². The van der Waals surface area contributed by atoms with Gasteiger partial charge in [0.15, 0.2) is 0 Å². The van der Waals surface area contributed by atoms with Crippen LogP contribution in [0.4, 0.5) is 0 Å². The van der Waals surface area contributed by atoms with E-state index < -0.39 is 0 Å². The number of nitrogens with two attached hydrogens (primary N) is 1. The van der Waals surface area contributed by atoms with Crippen molar-refractivity contribution in [2.45, 2.75) is 25.3 Å². The van der Waals surface area contributed by atoms with Crippen molar-refractivity contribution < 1.29 is 0 Å². The maximum Gasteiger partial charge on any atom is 0.0843 e. The van der Waals surface area contributed by atoms with Crippen LogP contribution in [0, 0.1) is 30.1 Å². The van der Waals surface area contributed by atoms with Crippen molar-refractivity contribution in [3.63, 3.8) is 0 Å². The van der Waals surface area contributed by atoms with Gasteiger partial charge in [-0.25, -0.2) is 5.43 Å². The van der Waals surface area contributed by atoms with Gasteiger partial charge in [0.1, 0.15) is 0 Å². The molecule has 0 spiro atoms. The number of hydrogen-bond donors (Lipinski definition) is 2. The zero-order valence-corrected chi connectivity index (χ0v) is 6.59. The monoisotopic (exact) mass is 150 g/mol. The van der Waals surface area contributed by atoms with Crippen LogP contribution in [0.5, 0.6) is 0 Å². The molecule has 2 aliphatic rings. The molecule has 3 unspecified atom stereocenters. The quantitative estimate of drug-likeness (QED) is 0.342. The Bertz CT molecular complexity index is 184. The molecule has 2 rings (SSSR count). The first-order valence-corrected chi connectivity index (χ1v) is 4.27. The normalized spacial score (nSPS) is 42.7. The van der Waals surface area contributed by atoms with Crippen LogP contribution in [-0.4, -0.2) is 6.04 Å². The van der Waals surface area contributed by atoms with E-state index in [0.29, 0.717) is 5.92 Å². The summed E-state index contributed by atoms with van der Waals surface area (Å²) in [5.41, 5.74) is 2.70. The minimum absolute atomic E-state index is 0.114. The lowest BCUT2D eigenvalue weighted by atomic mass is 9.95. The largest absolute Gasteiger partial charge is 0.270 e. The summed E-state index contributed by atoms with van der Waals surface area (Å²) >= 11 is 0. The SMILES string of the molecule is C#CC(NN)C1CC2CC2C1. The third-order valence-electron chi connectivity index (χ3n) is 3.11. The molecule has 2 saturated carbocycles. The molecule has 0 aromatic heterocycles. The van der Waals surface area contributed by atoms with E-state index in [1.54, 1.807) is 0 Å². The number of hydrogen-bond acceptors (Lipinski definition) is 2. The van der Waals surface area contributed by atoms with E-state index in [-0.39, 0.29) is 6.04 Å². The highest BCUT2D eigenvalue weighted by Gasteiger charge is 2.47. The Labute approximate surface area is 67.5 Å². The molecule has 2 fully saturated rings. The highest BCUT2D eigenvalue weighted by molar-refractivity contribution is 5.07. The first-order valence-electron chi connectivity index (χ1n) is 4.27. The fourth-order valence-electron chi connectivity index (χ4n) is 2.35. The summed E-state index contributed by atoms with van der Waals surface area (Å²) in [6.45, 7) is 0. The number of terminal acetylenes is 1. The second-order valence-electron chi connectivity index (χ2n) is 3.80. The van der Waals surface area contributed by atoms with Gasteiger partial charge in [0, 0.05) is 0 Å². The summed E-state index contributed by atoms with van der Waals surface area (Å²) in [4.78, 5) is 0. The Morgan fingerprint density at radius 2 is 2.00 bits per heavy atom. The maximum atomic E-state index is 5.33.